The zero-order chi connectivity index (χ0) is 14.9. The highest BCUT2D eigenvalue weighted by molar-refractivity contribution is 6.00. The Kier molecular flexibility index (Phi) is 3.89. The maximum absolute atomic E-state index is 12.2. The van der Waals surface area contributed by atoms with Gasteiger partial charge in [0.2, 0.25) is 0 Å². The molecular formula is C13H17N3O4. The van der Waals surface area contributed by atoms with Crippen LogP contribution in [0.2, 0.25) is 0 Å². The van der Waals surface area contributed by atoms with E-state index in [1.54, 1.807) is 6.92 Å². The van der Waals surface area contributed by atoms with E-state index in [2.05, 4.69) is 0 Å². The first kappa shape index (κ1) is 14.3. The summed E-state index contributed by atoms with van der Waals surface area (Å²) in [5.41, 5.74) is 6.23. The van der Waals surface area contributed by atoms with Crippen molar-refractivity contribution in [1.29, 1.82) is 0 Å². The van der Waals surface area contributed by atoms with Crippen LogP contribution in [0.4, 0.5) is 11.4 Å². The van der Waals surface area contributed by atoms with E-state index in [0.717, 1.165) is 0 Å². The van der Waals surface area contributed by atoms with Gasteiger partial charge < -0.3 is 15.4 Å². The van der Waals surface area contributed by atoms with Gasteiger partial charge in [0.25, 0.3) is 11.6 Å². The average molecular weight is 279 g/mol. The van der Waals surface area contributed by atoms with Gasteiger partial charge >= 0.3 is 0 Å². The lowest BCUT2D eigenvalue weighted by atomic mass is 10.1. The molecule has 0 spiro atoms. The summed E-state index contributed by atoms with van der Waals surface area (Å²) in [6.45, 7) is 3.89. The Hall–Kier alpha value is -2.15. The second-order valence-corrected chi connectivity index (χ2v) is 4.79. The molecule has 108 valence electrons. The molecule has 0 aromatic heterocycles. The Morgan fingerprint density at radius 2 is 2.25 bits per heavy atom. The quantitative estimate of drug-likeness (QED) is 0.664. The van der Waals surface area contributed by atoms with Crippen molar-refractivity contribution in [3.63, 3.8) is 0 Å². The van der Waals surface area contributed by atoms with E-state index in [1.165, 1.54) is 23.1 Å². The number of fused-ring (bicyclic) bond motifs is 1. The number of amides is 1. The monoisotopic (exact) mass is 279 g/mol. The number of nitrogens with two attached hydrogens (primary N) is 1. The van der Waals surface area contributed by atoms with Crippen molar-refractivity contribution in [1.82, 2.24) is 0 Å². The van der Waals surface area contributed by atoms with Gasteiger partial charge in [0.1, 0.15) is 5.75 Å². The molecule has 1 aliphatic rings. The molecule has 1 amide bonds. The Labute approximate surface area is 116 Å². The Balaban J connectivity index is 2.43. The molecule has 2 rings (SSSR count). The Bertz CT molecular complexity index is 546. The Morgan fingerprint density at radius 3 is 2.85 bits per heavy atom. The predicted octanol–water partition coefficient (Wildman–Crippen LogP) is 1.45. The lowest BCUT2D eigenvalue weighted by Gasteiger charge is -2.34. The van der Waals surface area contributed by atoms with Crippen molar-refractivity contribution in [3.05, 3.63) is 28.3 Å². The first-order chi connectivity index (χ1) is 9.43. The van der Waals surface area contributed by atoms with Crippen LogP contribution in [0.25, 0.3) is 0 Å². The fourth-order valence-corrected chi connectivity index (χ4v) is 2.06. The molecule has 7 nitrogen and oxygen atoms in total. The number of hydrogen-bond donors (Lipinski definition) is 1. The van der Waals surface area contributed by atoms with Gasteiger partial charge in [0.05, 0.1) is 10.6 Å². The molecule has 1 heterocycles. The predicted molar refractivity (Wildman–Crippen MR) is 73.8 cm³/mol. The second-order valence-electron chi connectivity index (χ2n) is 4.79. The van der Waals surface area contributed by atoms with Crippen molar-refractivity contribution >= 4 is 17.3 Å². The number of non-ortho nitro benzene ring substituents is 1. The van der Waals surface area contributed by atoms with Crippen LogP contribution in [0.5, 0.6) is 5.75 Å². The maximum Gasteiger partial charge on any atom is 0.271 e. The van der Waals surface area contributed by atoms with E-state index in [4.69, 9.17) is 10.5 Å². The van der Waals surface area contributed by atoms with Gasteiger partial charge in [-0.2, -0.15) is 0 Å². The van der Waals surface area contributed by atoms with Crippen LogP contribution in [0.15, 0.2) is 18.2 Å². The summed E-state index contributed by atoms with van der Waals surface area (Å²) in [5, 5.41) is 10.9. The van der Waals surface area contributed by atoms with Crippen molar-refractivity contribution in [3.8, 4) is 5.75 Å². The van der Waals surface area contributed by atoms with Crippen LogP contribution in [0, 0.1) is 10.1 Å². The molecule has 0 saturated heterocycles. The van der Waals surface area contributed by atoms with Crippen molar-refractivity contribution in [2.24, 2.45) is 5.73 Å². The number of nitro groups is 1. The van der Waals surface area contributed by atoms with Crippen molar-refractivity contribution < 1.29 is 14.5 Å². The first-order valence-electron chi connectivity index (χ1n) is 6.46. The molecule has 2 unspecified atom stereocenters. The summed E-state index contributed by atoms with van der Waals surface area (Å²) in [7, 11) is 0. The molecule has 20 heavy (non-hydrogen) atoms. The van der Waals surface area contributed by atoms with Crippen LogP contribution in [0.1, 0.15) is 20.3 Å². The van der Waals surface area contributed by atoms with E-state index >= 15 is 0 Å². The van der Waals surface area contributed by atoms with Crippen molar-refractivity contribution in [2.75, 3.05) is 11.4 Å². The molecular weight excluding hydrogens is 262 g/mol. The summed E-state index contributed by atoms with van der Waals surface area (Å²) in [6, 6.07) is 4.04. The number of nitrogens with zero attached hydrogens (tertiary/aromatic N) is 2. The van der Waals surface area contributed by atoms with Gasteiger partial charge in [0, 0.05) is 24.7 Å². The number of benzene rings is 1. The highest BCUT2D eigenvalue weighted by Crippen LogP contribution is 2.36. The third-order valence-electron chi connectivity index (χ3n) is 3.30. The molecule has 1 aliphatic heterocycles. The van der Waals surface area contributed by atoms with Gasteiger partial charge in [-0.05, 0) is 19.4 Å². The minimum absolute atomic E-state index is 0.0789. The normalized spacial score (nSPS) is 19.2. The van der Waals surface area contributed by atoms with E-state index in [0.29, 0.717) is 24.4 Å². The van der Waals surface area contributed by atoms with Crippen LogP contribution in [0.3, 0.4) is 0 Å². The number of rotatable bonds is 4. The summed E-state index contributed by atoms with van der Waals surface area (Å²) in [4.78, 5) is 24.0. The topological polar surface area (TPSA) is 98.7 Å². The fourth-order valence-electron chi connectivity index (χ4n) is 2.06. The number of nitro benzene ring substituents is 1. The van der Waals surface area contributed by atoms with Crippen LogP contribution in [-0.2, 0) is 4.79 Å². The van der Waals surface area contributed by atoms with Gasteiger partial charge in [0.15, 0.2) is 6.10 Å². The molecule has 0 radical (unpaired) electrons. The molecule has 0 aliphatic carbocycles. The van der Waals surface area contributed by atoms with Gasteiger partial charge in [-0.15, -0.1) is 0 Å². The Morgan fingerprint density at radius 1 is 1.55 bits per heavy atom. The standard InChI is InChI=1S/C13H17N3O4/c1-3-9(14)7-15-11-6-10(16(18)19)4-5-12(11)20-8(2)13(15)17/h4-6,8-9H,3,7,14H2,1-2H3. The average Bonchev–Trinajstić information content (AvgIpc) is 2.43. The maximum atomic E-state index is 12.2. The second kappa shape index (κ2) is 5.46. The molecule has 7 heteroatoms. The summed E-state index contributed by atoms with van der Waals surface area (Å²) in [6.07, 6.45) is 0.0940. The molecule has 2 atom stereocenters. The van der Waals surface area contributed by atoms with Gasteiger partial charge in [-0.1, -0.05) is 6.92 Å². The summed E-state index contributed by atoms with van der Waals surface area (Å²) < 4.78 is 5.47. The van der Waals surface area contributed by atoms with E-state index in [9.17, 15) is 14.9 Å². The van der Waals surface area contributed by atoms with Crippen LogP contribution >= 0.6 is 0 Å². The highest BCUT2D eigenvalue weighted by atomic mass is 16.6. The van der Waals surface area contributed by atoms with Crippen LogP contribution < -0.4 is 15.4 Å². The molecule has 0 fully saturated rings. The minimum Gasteiger partial charge on any atom is -0.479 e. The number of ether oxygens (including phenoxy) is 1. The van der Waals surface area contributed by atoms with E-state index < -0.39 is 11.0 Å². The first-order valence-corrected chi connectivity index (χ1v) is 6.46. The number of carbonyl (C=O) groups is 1. The summed E-state index contributed by atoms with van der Waals surface area (Å²) in [5.74, 6) is 0.230. The molecule has 0 saturated carbocycles. The van der Waals surface area contributed by atoms with E-state index in [1.807, 2.05) is 6.92 Å². The zero-order valence-electron chi connectivity index (χ0n) is 11.4. The third kappa shape index (κ3) is 2.57. The van der Waals surface area contributed by atoms with Crippen molar-refractivity contribution in [2.45, 2.75) is 32.4 Å². The van der Waals surface area contributed by atoms with Gasteiger partial charge in [-0.25, -0.2) is 0 Å². The minimum atomic E-state index is -0.618. The van der Waals surface area contributed by atoms with Gasteiger partial charge in [-0.3, -0.25) is 14.9 Å². The molecule has 1 aromatic rings. The fraction of sp³-hybridized carbons (Fsp3) is 0.462. The number of carbonyl (C=O) groups excluding carboxylic acids is 1. The van der Waals surface area contributed by atoms with E-state index in [-0.39, 0.29) is 17.6 Å². The number of hydrogen-bond acceptors (Lipinski definition) is 5. The molecule has 0 bridgehead atoms. The highest BCUT2D eigenvalue weighted by Gasteiger charge is 2.33. The lowest BCUT2D eigenvalue weighted by Crippen LogP contribution is -2.49. The molecule has 2 N–H and O–H groups in total. The number of anilines is 1. The largest absolute Gasteiger partial charge is 0.479 e. The smallest absolute Gasteiger partial charge is 0.271 e. The lowest BCUT2D eigenvalue weighted by molar-refractivity contribution is -0.384. The third-order valence-corrected chi connectivity index (χ3v) is 3.30. The summed E-state index contributed by atoms with van der Waals surface area (Å²) >= 11 is 0. The molecule has 1 aromatic carbocycles. The van der Waals surface area contributed by atoms with Crippen LogP contribution in [-0.4, -0.2) is 29.5 Å². The SMILES string of the molecule is CCC(N)CN1C(=O)C(C)Oc2ccc([N+](=O)[O-])cc21. The zero-order valence-corrected chi connectivity index (χ0v) is 11.4.